The van der Waals surface area contributed by atoms with Crippen LogP contribution in [0.15, 0.2) is 77.7 Å². The molecule has 3 aromatic carbocycles. The zero-order valence-electron chi connectivity index (χ0n) is 15.5. The van der Waals surface area contributed by atoms with Gasteiger partial charge in [0.2, 0.25) is 0 Å². The van der Waals surface area contributed by atoms with E-state index in [1.807, 2.05) is 6.07 Å². The number of amides is 2. The molecule has 3 aromatic rings. The summed E-state index contributed by atoms with van der Waals surface area (Å²) in [6.45, 7) is 0.173. The lowest BCUT2D eigenvalue weighted by molar-refractivity contribution is -0.113. The molecule has 0 radical (unpaired) electrons. The van der Waals surface area contributed by atoms with Gasteiger partial charge in [0.05, 0.1) is 10.6 Å². The number of carbonyl (C=O) groups is 2. The highest BCUT2D eigenvalue weighted by Crippen LogP contribution is 2.37. The molecule has 4 nitrogen and oxygen atoms in total. The molecule has 1 heterocycles. The van der Waals surface area contributed by atoms with E-state index in [4.69, 9.17) is 16.3 Å². The third kappa shape index (κ3) is 4.40. The third-order valence-electron chi connectivity index (χ3n) is 4.35. The van der Waals surface area contributed by atoms with Gasteiger partial charge >= 0.3 is 0 Å². The summed E-state index contributed by atoms with van der Waals surface area (Å²) in [5.41, 5.74) is 1.75. The highest BCUT2D eigenvalue weighted by molar-refractivity contribution is 8.19. The molecule has 0 unspecified atom stereocenters. The number of hydrogen-bond donors (Lipinski definition) is 0. The maximum Gasteiger partial charge on any atom is 0.298 e. The highest BCUT2D eigenvalue weighted by atomic mass is 35.5. The van der Waals surface area contributed by atoms with Gasteiger partial charge in [0, 0.05) is 10.6 Å². The number of ether oxygens (including phenoxy) is 1. The Balaban J connectivity index is 1.58. The maximum atomic E-state index is 13.4. The normalized spacial score (nSPS) is 15.1. The van der Waals surface area contributed by atoms with Gasteiger partial charge in [0.15, 0.2) is 0 Å². The Morgan fingerprint density at radius 3 is 2.60 bits per heavy atom. The van der Waals surface area contributed by atoms with Crippen molar-refractivity contribution in [2.24, 2.45) is 0 Å². The van der Waals surface area contributed by atoms with E-state index in [1.54, 1.807) is 60.7 Å². The third-order valence-corrected chi connectivity index (χ3v) is 5.45. The molecule has 0 atom stereocenters. The standard InChI is InChI=1S/C23H15ClFNO3S/c24-17-7-4-9-19(13-17)26-22(27)21(30-23(26)28)12-16-6-1-2-10-20(16)29-14-15-5-3-8-18(25)11-15/h1-13H,14H2/b21-12+. The van der Waals surface area contributed by atoms with Crippen molar-refractivity contribution in [1.29, 1.82) is 0 Å². The fourth-order valence-corrected chi connectivity index (χ4v) is 3.98. The number of anilines is 1. The molecule has 4 rings (SSSR count). The molecule has 0 aliphatic carbocycles. The zero-order valence-corrected chi connectivity index (χ0v) is 17.1. The summed E-state index contributed by atoms with van der Waals surface area (Å²) in [4.78, 5) is 26.7. The maximum absolute atomic E-state index is 13.4. The summed E-state index contributed by atoms with van der Waals surface area (Å²) in [5.74, 6) is -0.234. The van der Waals surface area contributed by atoms with Gasteiger partial charge in [-0.3, -0.25) is 9.59 Å². The SMILES string of the molecule is O=C1S/C(=C/c2ccccc2OCc2cccc(F)c2)C(=O)N1c1cccc(Cl)c1. The van der Waals surface area contributed by atoms with E-state index in [2.05, 4.69) is 0 Å². The lowest BCUT2D eigenvalue weighted by Crippen LogP contribution is -2.27. The van der Waals surface area contributed by atoms with Crippen molar-refractivity contribution >= 4 is 46.3 Å². The minimum absolute atomic E-state index is 0.173. The summed E-state index contributed by atoms with van der Waals surface area (Å²) >= 11 is 6.84. The molecule has 1 fully saturated rings. The molecule has 1 aliphatic heterocycles. The van der Waals surface area contributed by atoms with E-state index in [0.29, 0.717) is 27.6 Å². The van der Waals surface area contributed by atoms with Crippen LogP contribution in [-0.4, -0.2) is 11.1 Å². The summed E-state index contributed by atoms with van der Waals surface area (Å²) in [6, 6.07) is 19.9. The molecule has 2 amide bonds. The molecule has 0 bridgehead atoms. The van der Waals surface area contributed by atoms with Crippen LogP contribution < -0.4 is 9.64 Å². The second-order valence-corrected chi connectivity index (χ2v) is 7.88. The quantitative estimate of drug-likeness (QED) is 0.438. The van der Waals surface area contributed by atoms with Crippen molar-refractivity contribution in [3.63, 3.8) is 0 Å². The van der Waals surface area contributed by atoms with Crippen LogP contribution in [0.3, 0.4) is 0 Å². The Hall–Kier alpha value is -3.09. The van der Waals surface area contributed by atoms with Gasteiger partial charge in [-0.2, -0.15) is 0 Å². The van der Waals surface area contributed by atoms with Crippen molar-refractivity contribution in [2.45, 2.75) is 6.61 Å². The van der Waals surface area contributed by atoms with E-state index in [0.717, 1.165) is 16.7 Å². The van der Waals surface area contributed by atoms with Gasteiger partial charge in [-0.15, -0.1) is 0 Å². The molecule has 1 aliphatic rings. The first-order chi connectivity index (χ1) is 14.5. The van der Waals surface area contributed by atoms with Crippen LogP contribution in [0.1, 0.15) is 11.1 Å². The lowest BCUT2D eigenvalue weighted by atomic mass is 10.1. The van der Waals surface area contributed by atoms with Crippen molar-refractivity contribution in [3.05, 3.63) is 99.7 Å². The fourth-order valence-electron chi connectivity index (χ4n) is 2.97. The van der Waals surface area contributed by atoms with Crippen LogP contribution in [0.4, 0.5) is 14.9 Å². The lowest BCUT2D eigenvalue weighted by Gasteiger charge is -2.12. The minimum Gasteiger partial charge on any atom is -0.488 e. The zero-order chi connectivity index (χ0) is 21.1. The van der Waals surface area contributed by atoms with Crippen molar-refractivity contribution in [3.8, 4) is 5.75 Å². The number of thioether (sulfide) groups is 1. The molecular weight excluding hydrogens is 425 g/mol. The topological polar surface area (TPSA) is 46.6 Å². The summed E-state index contributed by atoms with van der Waals surface area (Å²) in [7, 11) is 0. The van der Waals surface area contributed by atoms with Gasteiger partial charge in [0.1, 0.15) is 18.2 Å². The van der Waals surface area contributed by atoms with Gasteiger partial charge in [0.25, 0.3) is 11.1 Å². The molecule has 150 valence electrons. The number of rotatable bonds is 5. The predicted octanol–water partition coefficient (Wildman–Crippen LogP) is 6.30. The molecule has 0 N–H and O–H groups in total. The van der Waals surface area contributed by atoms with Gasteiger partial charge in [-0.25, -0.2) is 9.29 Å². The van der Waals surface area contributed by atoms with Crippen molar-refractivity contribution in [1.82, 2.24) is 0 Å². The Morgan fingerprint density at radius 1 is 1.00 bits per heavy atom. The van der Waals surface area contributed by atoms with Crippen LogP contribution >= 0.6 is 23.4 Å². The van der Waals surface area contributed by atoms with Gasteiger partial charge in [-0.1, -0.05) is 48.0 Å². The largest absolute Gasteiger partial charge is 0.488 e. The van der Waals surface area contributed by atoms with Crippen molar-refractivity contribution < 1.29 is 18.7 Å². The first-order valence-corrected chi connectivity index (χ1v) is 10.2. The number of halogens is 2. The van der Waals surface area contributed by atoms with Gasteiger partial charge in [-0.05, 0) is 59.8 Å². The smallest absolute Gasteiger partial charge is 0.298 e. The van der Waals surface area contributed by atoms with E-state index in [9.17, 15) is 14.0 Å². The van der Waals surface area contributed by atoms with E-state index >= 15 is 0 Å². The monoisotopic (exact) mass is 439 g/mol. The predicted molar refractivity (Wildman–Crippen MR) is 117 cm³/mol. The van der Waals surface area contributed by atoms with Crippen LogP contribution in [0.25, 0.3) is 6.08 Å². The summed E-state index contributed by atoms with van der Waals surface area (Å²) in [6.07, 6.45) is 1.62. The molecule has 7 heteroatoms. The average molecular weight is 440 g/mol. The number of benzene rings is 3. The van der Waals surface area contributed by atoms with E-state index in [1.165, 1.54) is 12.1 Å². The molecule has 30 heavy (non-hydrogen) atoms. The van der Waals surface area contributed by atoms with Gasteiger partial charge < -0.3 is 4.74 Å². The Kier molecular flexibility index (Phi) is 5.88. The van der Waals surface area contributed by atoms with E-state index in [-0.39, 0.29) is 17.3 Å². The molecular formula is C23H15ClFNO3S. The minimum atomic E-state index is -0.424. The van der Waals surface area contributed by atoms with E-state index < -0.39 is 11.1 Å². The second kappa shape index (κ2) is 8.73. The van der Waals surface area contributed by atoms with Crippen molar-refractivity contribution in [2.75, 3.05) is 4.90 Å². The summed E-state index contributed by atoms with van der Waals surface area (Å²) in [5, 5.41) is 0.0401. The van der Waals surface area contributed by atoms with Crippen LogP contribution in [0, 0.1) is 5.82 Å². The number of imide groups is 1. The molecule has 0 saturated carbocycles. The molecule has 0 spiro atoms. The molecule has 1 saturated heterocycles. The average Bonchev–Trinajstić information content (AvgIpc) is 3.00. The van der Waals surface area contributed by atoms with Crippen LogP contribution in [0.2, 0.25) is 5.02 Å². The fraction of sp³-hybridized carbons (Fsp3) is 0.0435. The number of carbonyl (C=O) groups excluding carboxylic acids is 2. The number of nitrogens with zero attached hydrogens (tertiary/aromatic N) is 1. The second-order valence-electron chi connectivity index (χ2n) is 6.45. The first kappa shape index (κ1) is 20.2. The first-order valence-electron chi connectivity index (χ1n) is 9.01. The molecule has 0 aromatic heterocycles. The Morgan fingerprint density at radius 2 is 1.80 bits per heavy atom. The number of para-hydroxylation sites is 1. The number of hydrogen-bond acceptors (Lipinski definition) is 4. The summed E-state index contributed by atoms with van der Waals surface area (Å²) < 4.78 is 19.2. The van der Waals surface area contributed by atoms with Crippen LogP contribution in [-0.2, 0) is 11.4 Å². The Bertz CT molecular complexity index is 1160. The highest BCUT2D eigenvalue weighted by Gasteiger charge is 2.36. The Labute approximate surface area is 181 Å². The van der Waals surface area contributed by atoms with Crippen LogP contribution in [0.5, 0.6) is 5.75 Å².